The van der Waals surface area contributed by atoms with Crippen molar-refractivity contribution in [3.63, 3.8) is 0 Å². The van der Waals surface area contributed by atoms with Gasteiger partial charge >= 0.3 is 5.97 Å². The first-order valence-electron chi connectivity index (χ1n) is 9.26. The summed E-state index contributed by atoms with van der Waals surface area (Å²) >= 11 is 5.68. The highest BCUT2D eigenvalue weighted by atomic mass is 35.5. The van der Waals surface area contributed by atoms with Crippen molar-refractivity contribution in [2.45, 2.75) is 44.6 Å². The molecule has 8 nitrogen and oxygen atoms in total. The molecule has 0 bridgehead atoms. The summed E-state index contributed by atoms with van der Waals surface area (Å²) in [6, 6.07) is 1.36. The Morgan fingerprint density at radius 3 is 2.47 bits per heavy atom. The Bertz CT molecular complexity index is 860. The molecule has 2 rings (SSSR count). The summed E-state index contributed by atoms with van der Waals surface area (Å²) in [6.07, 6.45) is -1.56. The van der Waals surface area contributed by atoms with E-state index in [9.17, 15) is 29.0 Å². The van der Waals surface area contributed by atoms with E-state index in [-0.39, 0.29) is 28.5 Å². The Morgan fingerprint density at radius 2 is 1.90 bits per heavy atom. The van der Waals surface area contributed by atoms with Crippen molar-refractivity contribution in [2.75, 3.05) is 7.11 Å². The summed E-state index contributed by atoms with van der Waals surface area (Å²) in [7, 11) is 1.21. The Balaban J connectivity index is 2.20. The van der Waals surface area contributed by atoms with Crippen LogP contribution in [0.25, 0.3) is 0 Å². The number of amides is 2. The summed E-state index contributed by atoms with van der Waals surface area (Å²) < 4.78 is 18.0. The zero-order valence-electron chi connectivity index (χ0n) is 16.7. The van der Waals surface area contributed by atoms with Gasteiger partial charge in [0.1, 0.15) is 18.0 Å². The minimum Gasteiger partial charge on any atom is -0.467 e. The fourth-order valence-electron chi connectivity index (χ4n) is 2.99. The van der Waals surface area contributed by atoms with Gasteiger partial charge in [0.2, 0.25) is 5.91 Å². The monoisotopic (exact) mass is 442 g/mol. The van der Waals surface area contributed by atoms with E-state index in [1.54, 1.807) is 13.8 Å². The number of carbonyl (C=O) groups is 3. The van der Waals surface area contributed by atoms with E-state index in [1.807, 2.05) is 0 Å². The number of carbonyl (C=O) groups excluding carboxylic acids is 3. The fraction of sp³-hybridized carbons (Fsp3) is 0.450. The second kappa shape index (κ2) is 10.0. The molecule has 0 heterocycles. The zero-order chi connectivity index (χ0) is 22.6. The second-order valence-corrected chi connectivity index (χ2v) is 7.71. The third-order valence-electron chi connectivity index (χ3n) is 4.75. The van der Waals surface area contributed by atoms with Gasteiger partial charge in [-0.3, -0.25) is 9.59 Å². The molecule has 4 N–H and O–H groups in total. The first-order chi connectivity index (χ1) is 14.0. The molecule has 2 amide bonds. The van der Waals surface area contributed by atoms with Gasteiger partial charge in [0.05, 0.1) is 24.3 Å². The van der Waals surface area contributed by atoms with Crippen molar-refractivity contribution in [2.24, 2.45) is 5.92 Å². The van der Waals surface area contributed by atoms with Crippen molar-refractivity contribution in [1.82, 2.24) is 10.6 Å². The number of methoxy groups -OCH3 is 1. The van der Waals surface area contributed by atoms with E-state index >= 15 is 0 Å². The third kappa shape index (κ3) is 5.56. The highest BCUT2D eigenvalue weighted by Gasteiger charge is 2.35. The molecule has 0 fully saturated rings. The van der Waals surface area contributed by atoms with Gasteiger partial charge in [-0.25, -0.2) is 9.18 Å². The highest BCUT2D eigenvalue weighted by Crippen LogP contribution is 2.22. The molecular formula is C20H24ClFN2O6. The van der Waals surface area contributed by atoms with Crippen LogP contribution in [0, 0.1) is 11.7 Å². The van der Waals surface area contributed by atoms with Crippen LogP contribution in [0.15, 0.2) is 29.8 Å². The SMILES string of the molecule is COC(=O)[C@H](NC(=O)C1=C[C@@H](NC(=O)c2ccc(F)c(Cl)c2)[C@@H](O)[C@H](O)C1)C(C)C. The number of hydrogen-bond donors (Lipinski definition) is 4. The molecular weight excluding hydrogens is 419 g/mol. The molecule has 0 saturated carbocycles. The zero-order valence-corrected chi connectivity index (χ0v) is 17.4. The number of rotatable bonds is 6. The number of ether oxygens (including phenoxy) is 1. The Kier molecular flexibility index (Phi) is 7.94. The number of aliphatic hydroxyl groups excluding tert-OH is 2. The molecule has 1 aliphatic rings. The lowest BCUT2D eigenvalue weighted by atomic mass is 9.89. The first-order valence-corrected chi connectivity index (χ1v) is 9.64. The number of halogens is 2. The molecule has 164 valence electrons. The van der Waals surface area contributed by atoms with Crippen LogP contribution < -0.4 is 10.6 Å². The lowest BCUT2D eigenvalue weighted by Crippen LogP contribution is -2.52. The minimum absolute atomic E-state index is 0.0404. The molecule has 0 aromatic heterocycles. The molecule has 1 aliphatic carbocycles. The summed E-state index contributed by atoms with van der Waals surface area (Å²) in [6.45, 7) is 3.46. The number of benzene rings is 1. The van der Waals surface area contributed by atoms with Crippen LogP contribution in [0.5, 0.6) is 0 Å². The Morgan fingerprint density at radius 1 is 1.23 bits per heavy atom. The Labute approximate surface area is 178 Å². The van der Waals surface area contributed by atoms with E-state index < -0.39 is 47.9 Å². The predicted octanol–water partition coefficient (Wildman–Crippen LogP) is 0.943. The number of nitrogens with one attached hydrogen (secondary N) is 2. The summed E-state index contributed by atoms with van der Waals surface area (Å²) in [5.74, 6) is -2.87. The minimum atomic E-state index is -1.37. The quantitative estimate of drug-likeness (QED) is 0.486. The molecule has 0 saturated heterocycles. The molecule has 1 aromatic carbocycles. The second-order valence-electron chi connectivity index (χ2n) is 7.30. The van der Waals surface area contributed by atoms with Gasteiger partial charge in [-0.05, 0) is 24.1 Å². The standard InChI is InChI=1S/C20H24ClFN2O6/c1-9(2)16(20(29)30-3)24-19(28)11-7-14(17(26)15(25)8-11)23-18(27)10-4-5-13(22)12(21)6-10/h4-7,9,14-17,25-26H,8H2,1-3H3,(H,23,27)(H,24,28)/t14-,15-,16-,17-/m1/s1. The van der Waals surface area contributed by atoms with Crippen LogP contribution in [0.1, 0.15) is 30.6 Å². The van der Waals surface area contributed by atoms with Gasteiger partial charge in [-0.2, -0.15) is 0 Å². The van der Waals surface area contributed by atoms with Crippen LogP contribution in [0.4, 0.5) is 4.39 Å². The van der Waals surface area contributed by atoms with Crippen molar-refractivity contribution < 1.29 is 33.7 Å². The van der Waals surface area contributed by atoms with Crippen LogP contribution >= 0.6 is 11.6 Å². The molecule has 10 heteroatoms. The third-order valence-corrected chi connectivity index (χ3v) is 5.04. The van der Waals surface area contributed by atoms with Crippen molar-refractivity contribution in [3.05, 3.63) is 46.3 Å². The summed E-state index contributed by atoms with van der Waals surface area (Å²) in [5, 5.41) is 25.2. The van der Waals surface area contributed by atoms with Gasteiger partial charge in [0, 0.05) is 17.6 Å². The van der Waals surface area contributed by atoms with Gasteiger partial charge in [0.15, 0.2) is 0 Å². The van der Waals surface area contributed by atoms with Crippen LogP contribution in [-0.2, 0) is 14.3 Å². The van der Waals surface area contributed by atoms with Gasteiger partial charge in [-0.1, -0.05) is 31.5 Å². The maximum absolute atomic E-state index is 13.3. The largest absolute Gasteiger partial charge is 0.467 e. The lowest BCUT2D eigenvalue weighted by Gasteiger charge is -2.31. The molecule has 0 unspecified atom stereocenters. The van der Waals surface area contributed by atoms with Gasteiger partial charge < -0.3 is 25.6 Å². The number of aliphatic hydroxyl groups is 2. The molecule has 1 aromatic rings. The summed E-state index contributed by atoms with van der Waals surface area (Å²) in [4.78, 5) is 36.9. The maximum atomic E-state index is 13.3. The molecule has 0 radical (unpaired) electrons. The number of hydrogen-bond acceptors (Lipinski definition) is 6. The predicted molar refractivity (Wildman–Crippen MR) is 106 cm³/mol. The fourth-order valence-corrected chi connectivity index (χ4v) is 3.18. The molecule has 0 aliphatic heterocycles. The van der Waals surface area contributed by atoms with Gasteiger partial charge in [-0.15, -0.1) is 0 Å². The van der Waals surface area contributed by atoms with E-state index in [2.05, 4.69) is 15.4 Å². The van der Waals surface area contributed by atoms with Crippen LogP contribution in [-0.4, -0.2) is 59.4 Å². The topological polar surface area (TPSA) is 125 Å². The van der Waals surface area contributed by atoms with E-state index in [4.69, 9.17) is 11.6 Å². The molecule has 0 spiro atoms. The van der Waals surface area contributed by atoms with Gasteiger partial charge in [0.25, 0.3) is 5.91 Å². The average Bonchev–Trinajstić information content (AvgIpc) is 2.70. The number of esters is 1. The summed E-state index contributed by atoms with van der Waals surface area (Å²) in [5.41, 5.74) is 0.128. The van der Waals surface area contributed by atoms with E-state index in [1.165, 1.54) is 19.3 Å². The van der Waals surface area contributed by atoms with Crippen molar-refractivity contribution in [1.29, 1.82) is 0 Å². The highest BCUT2D eigenvalue weighted by molar-refractivity contribution is 6.31. The van der Waals surface area contributed by atoms with Crippen molar-refractivity contribution in [3.8, 4) is 0 Å². The molecule has 4 atom stereocenters. The van der Waals surface area contributed by atoms with Crippen LogP contribution in [0.3, 0.4) is 0 Å². The van der Waals surface area contributed by atoms with E-state index in [0.717, 1.165) is 12.1 Å². The lowest BCUT2D eigenvalue weighted by molar-refractivity contribution is -0.146. The smallest absolute Gasteiger partial charge is 0.328 e. The van der Waals surface area contributed by atoms with Crippen LogP contribution in [0.2, 0.25) is 5.02 Å². The Hall–Kier alpha value is -2.49. The average molecular weight is 443 g/mol. The maximum Gasteiger partial charge on any atom is 0.328 e. The first kappa shape index (κ1) is 23.8. The van der Waals surface area contributed by atoms with E-state index in [0.29, 0.717) is 0 Å². The van der Waals surface area contributed by atoms with Crippen molar-refractivity contribution >= 4 is 29.4 Å². The molecule has 30 heavy (non-hydrogen) atoms. The normalized spacial score (nSPS) is 22.1.